The lowest BCUT2D eigenvalue weighted by atomic mass is 10.1. The van der Waals surface area contributed by atoms with Crippen LogP contribution in [0.25, 0.3) is 0 Å². The van der Waals surface area contributed by atoms with Crippen LogP contribution in [-0.2, 0) is 21.3 Å². The van der Waals surface area contributed by atoms with Gasteiger partial charge in [0.05, 0.1) is 6.54 Å². The lowest BCUT2D eigenvalue weighted by molar-refractivity contribution is 0.184. The van der Waals surface area contributed by atoms with Crippen molar-refractivity contribution in [3.8, 4) is 0 Å². The highest BCUT2D eigenvalue weighted by Crippen LogP contribution is 2.17. The van der Waals surface area contributed by atoms with Crippen molar-refractivity contribution in [3.05, 3.63) is 17.9 Å². The lowest BCUT2D eigenvalue weighted by Gasteiger charge is -2.08. The zero-order valence-electron chi connectivity index (χ0n) is 11.7. The molecule has 1 aliphatic heterocycles. The van der Waals surface area contributed by atoms with Crippen LogP contribution in [0, 0.1) is 5.92 Å². The van der Waals surface area contributed by atoms with Crippen LogP contribution in [0.5, 0.6) is 0 Å². The molecule has 0 bridgehead atoms. The number of hydrogen-bond donors (Lipinski definition) is 2. The van der Waals surface area contributed by atoms with E-state index >= 15 is 0 Å². The summed E-state index contributed by atoms with van der Waals surface area (Å²) in [6, 6.07) is 3.18. The van der Waals surface area contributed by atoms with Gasteiger partial charge in [-0.05, 0) is 37.4 Å². The van der Waals surface area contributed by atoms with Crippen molar-refractivity contribution in [1.82, 2.24) is 10.0 Å². The van der Waals surface area contributed by atoms with Gasteiger partial charge in [0.2, 0.25) is 5.09 Å². The summed E-state index contributed by atoms with van der Waals surface area (Å²) in [5.41, 5.74) is 0. The molecule has 1 aromatic rings. The van der Waals surface area contributed by atoms with Crippen molar-refractivity contribution in [1.29, 1.82) is 0 Å². The second-order valence-electron chi connectivity index (χ2n) is 4.92. The maximum absolute atomic E-state index is 12.0. The van der Waals surface area contributed by atoms with Gasteiger partial charge in [0.15, 0.2) is 0 Å². The van der Waals surface area contributed by atoms with Gasteiger partial charge in [-0.3, -0.25) is 0 Å². The van der Waals surface area contributed by atoms with Crippen molar-refractivity contribution in [2.45, 2.75) is 31.4 Å². The summed E-state index contributed by atoms with van der Waals surface area (Å²) in [6.45, 7) is 5.25. The minimum atomic E-state index is -3.54. The molecule has 20 heavy (non-hydrogen) atoms. The highest BCUT2D eigenvalue weighted by molar-refractivity contribution is 7.89. The molecule has 0 radical (unpaired) electrons. The van der Waals surface area contributed by atoms with Crippen molar-refractivity contribution < 1.29 is 17.6 Å². The third kappa shape index (κ3) is 4.31. The number of furan rings is 1. The molecule has 1 atom stereocenters. The highest BCUT2D eigenvalue weighted by Gasteiger charge is 2.20. The first kappa shape index (κ1) is 15.5. The highest BCUT2D eigenvalue weighted by atomic mass is 32.2. The largest absolute Gasteiger partial charge is 0.447 e. The lowest BCUT2D eigenvalue weighted by Crippen LogP contribution is -2.26. The predicted octanol–water partition coefficient (Wildman–Crippen LogP) is 1.09. The Labute approximate surface area is 119 Å². The summed E-state index contributed by atoms with van der Waals surface area (Å²) in [5, 5.41) is 3.07. The van der Waals surface area contributed by atoms with Gasteiger partial charge in [-0.25, -0.2) is 13.1 Å². The SMILES string of the molecule is CCNCc1ccc(S(=O)(=O)NCCC2CCOC2)o1. The smallest absolute Gasteiger partial charge is 0.273 e. The quantitative estimate of drug-likeness (QED) is 0.751. The average molecular weight is 302 g/mol. The minimum Gasteiger partial charge on any atom is -0.447 e. The van der Waals surface area contributed by atoms with Crippen LogP contribution in [0.15, 0.2) is 21.6 Å². The zero-order chi connectivity index (χ0) is 14.4. The Bertz CT molecular complexity index is 506. The molecule has 7 heteroatoms. The number of hydrogen-bond acceptors (Lipinski definition) is 5. The molecule has 0 amide bonds. The van der Waals surface area contributed by atoms with E-state index in [1.807, 2.05) is 6.92 Å². The molecule has 1 saturated heterocycles. The van der Waals surface area contributed by atoms with Gasteiger partial charge in [0.1, 0.15) is 5.76 Å². The molecule has 114 valence electrons. The van der Waals surface area contributed by atoms with Gasteiger partial charge in [0, 0.05) is 19.8 Å². The molecular weight excluding hydrogens is 280 g/mol. The maximum atomic E-state index is 12.0. The molecule has 2 heterocycles. The van der Waals surface area contributed by atoms with E-state index in [9.17, 15) is 8.42 Å². The average Bonchev–Trinajstić information content (AvgIpc) is 3.07. The third-order valence-corrected chi connectivity index (χ3v) is 4.65. The summed E-state index contributed by atoms with van der Waals surface area (Å²) < 4.78 is 37.2. The molecule has 0 aromatic carbocycles. The molecule has 1 aliphatic rings. The van der Waals surface area contributed by atoms with E-state index in [2.05, 4.69) is 10.0 Å². The number of rotatable bonds is 8. The topological polar surface area (TPSA) is 80.6 Å². The summed E-state index contributed by atoms with van der Waals surface area (Å²) in [7, 11) is -3.54. The minimum absolute atomic E-state index is 0.0203. The molecule has 1 unspecified atom stereocenters. The molecule has 6 nitrogen and oxygen atoms in total. The molecule has 2 N–H and O–H groups in total. The van der Waals surface area contributed by atoms with E-state index in [0.717, 1.165) is 32.6 Å². The van der Waals surface area contributed by atoms with Gasteiger partial charge < -0.3 is 14.5 Å². The molecule has 1 aromatic heterocycles. The van der Waals surface area contributed by atoms with Crippen LogP contribution in [0.4, 0.5) is 0 Å². The second-order valence-corrected chi connectivity index (χ2v) is 6.62. The van der Waals surface area contributed by atoms with E-state index in [-0.39, 0.29) is 5.09 Å². The summed E-state index contributed by atoms with van der Waals surface area (Å²) in [5.74, 6) is 1.08. The fourth-order valence-corrected chi connectivity index (χ4v) is 3.12. The zero-order valence-corrected chi connectivity index (χ0v) is 12.5. The number of nitrogens with one attached hydrogen (secondary N) is 2. The van der Waals surface area contributed by atoms with Gasteiger partial charge in [-0.2, -0.15) is 0 Å². The molecular formula is C13H22N2O4S. The van der Waals surface area contributed by atoms with E-state index < -0.39 is 10.0 Å². The standard InChI is InChI=1S/C13H22N2O4S/c1-2-14-9-12-3-4-13(19-12)20(16,17)15-7-5-11-6-8-18-10-11/h3-4,11,14-15H,2,5-10H2,1H3. The molecule has 2 rings (SSSR count). The monoisotopic (exact) mass is 302 g/mol. The Hall–Kier alpha value is -0.890. The first-order valence-corrected chi connectivity index (χ1v) is 8.47. The summed E-state index contributed by atoms with van der Waals surface area (Å²) in [4.78, 5) is 0. The van der Waals surface area contributed by atoms with Gasteiger partial charge in [0.25, 0.3) is 10.0 Å². The Kier molecular flexibility index (Phi) is 5.59. The van der Waals surface area contributed by atoms with Crippen molar-refractivity contribution in [2.75, 3.05) is 26.3 Å². The van der Waals surface area contributed by atoms with Crippen LogP contribution in [-0.4, -0.2) is 34.7 Å². The number of ether oxygens (including phenoxy) is 1. The fraction of sp³-hybridized carbons (Fsp3) is 0.692. The van der Waals surface area contributed by atoms with E-state index in [0.29, 0.717) is 24.8 Å². The molecule has 0 aliphatic carbocycles. The fourth-order valence-electron chi connectivity index (χ4n) is 2.13. The van der Waals surface area contributed by atoms with Crippen LogP contribution in [0.1, 0.15) is 25.5 Å². The Balaban J connectivity index is 1.83. The molecule has 1 fully saturated rings. The van der Waals surface area contributed by atoms with Crippen LogP contribution in [0.3, 0.4) is 0 Å². The third-order valence-electron chi connectivity index (χ3n) is 3.32. The van der Waals surface area contributed by atoms with Crippen LogP contribution >= 0.6 is 0 Å². The van der Waals surface area contributed by atoms with Gasteiger partial charge in [-0.15, -0.1) is 0 Å². The predicted molar refractivity (Wildman–Crippen MR) is 74.8 cm³/mol. The Morgan fingerprint density at radius 2 is 2.25 bits per heavy atom. The normalized spacial score (nSPS) is 19.6. The number of sulfonamides is 1. The van der Waals surface area contributed by atoms with Crippen molar-refractivity contribution in [3.63, 3.8) is 0 Å². The van der Waals surface area contributed by atoms with E-state index in [4.69, 9.17) is 9.15 Å². The Morgan fingerprint density at radius 3 is 2.95 bits per heavy atom. The maximum Gasteiger partial charge on any atom is 0.273 e. The molecule has 0 saturated carbocycles. The van der Waals surface area contributed by atoms with Crippen molar-refractivity contribution >= 4 is 10.0 Å². The first-order valence-electron chi connectivity index (χ1n) is 6.98. The first-order chi connectivity index (χ1) is 9.62. The van der Waals surface area contributed by atoms with E-state index in [1.54, 1.807) is 6.07 Å². The van der Waals surface area contributed by atoms with Gasteiger partial charge >= 0.3 is 0 Å². The van der Waals surface area contributed by atoms with Crippen molar-refractivity contribution in [2.24, 2.45) is 5.92 Å². The molecule has 0 spiro atoms. The Morgan fingerprint density at radius 1 is 1.40 bits per heavy atom. The van der Waals surface area contributed by atoms with Crippen LogP contribution < -0.4 is 10.0 Å². The van der Waals surface area contributed by atoms with Crippen LogP contribution in [0.2, 0.25) is 0 Å². The van der Waals surface area contributed by atoms with E-state index in [1.165, 1.54) is 6.07 Å². The summed E-state index contributed by atoms with van der Waals surface area (Å²) in [6.07, 6.45) is 1.81. The second kappa shape index (κ2) is 7.21. The van der Waals surface area contributed by atoms with Gasteiger partial charge in [-0.1, -0.05) is 6.92 Å². The summed E-state index contributed by atoms with van der Waals surface area (Å²) >= 11 is 0.